The van der Waals surface area contributed by atoms with Crippen LogP contribution in [0.25, 0.3) is 0 Å². The minimum Gasteiger partial charge on any atom is -0.484 e. The lowest BCUT2D eigenvalue weighted by atomic mass is 10.3. The van der Waals surface area contributed by atoms with Crippen LogP contribution in [0.3, 0.4) is 0 Å². The summed E-state index contributed by atoms with van der Waals surface area (Å²) in [5.74, 6) is 0.585. The number of anilines is 1. The van der Waals surface area contributed by atoms with Gasteiger partial charge in [-0.2, -0.15) is 0 Å². The monoisotopic (exact) mass is 266 g/mol. The molecule has 0 aliphatic rings. The van der Waals surface area contributed by atoms with Crippen molar-refractivity contribution in [1.82, 2.24) is 4.90 Å². The van der Waals surface area contributed by atoms with Gasteiger partial charge < -0.3 is 20.1 Å². The Balaban J connectivity index is 2.49. The van der Waals surface area contributed by atoms with E-state index in [-0.39, 0.29) is 18.6 Å². The molecule has 0 unspecified atom stereocenters. The van der Waals surface area contributed by atoms with Gasteiger partial charge in [-0.25, -0.2) is 0 Å². The van der Waals surface area contributed by atoms with Gasteiger partial charge in [0.2, 0.25) is 0 Å². The zero-order valence-corrected chi connectivity index (χ0v) is 11.8. The first-order valence-corrected chi connectivity index (χ1v) is 6.31. The molecule has 0 bridgehead atoms. The molecule has 0 aliphatic carbocycles. The Hall–Kier alpha value is -1.75. The number of benzene rings is 1. The molecule has 1 amide bonds. The number of amides is 1. The zero-order chi connectivity index (χ0) is 14.3. The number of hydrogen-bond donors (Lipinski definition) is 1. The molecule has 0 spiro atoms. The summed E-state index contributed by atoms with van der Waals surface area (Å²) in [5.41, 5.74) is 6.25. The van der Waals surface area contributed by atoms with Crippen LogP contribution >= 0.6 is 0 Å². The van der Waals surface area contributed by atoms with Gasteiger partial charge in [0, 0.05) is 25.4 Å². The summed E-state index contributed by atoms with van der Waals surface area (Å²) in [6.07, 6.45) is 0. The predicted molar refractivity (Wildman–Crippen MR) is 75.1 cm³/mol. The fourth-order valence-corrected chi connectivity index (χ4v) is 1.65. The largest absolute Gasteiger partial charge is 0.484 e. The minimum absolute atomic E-state index is 0.0197. The van der Waals surface area contributed by atoms with Crippen LogP contribution < -0.4 is 10.5 Å². The molecule has 1 aromatic carbocycles. The molecule has 2 N–H and O–H groups in total. The van der Waals surface area contributed by atoms with E-state index in [0.29, 0.717) is 24.6 Å². The molecule has 0 saturated heterocycles. The maximum atomic E-state index is 12.1. The number of nitrogens with two attached hydrogens (primary N) is 1. The molecule has 0 saturated carbocycles. The molecule has 1 aromatic rings. The molecule has 0 radical (unpaired) electrons. The van der Waals surface area contributed by atoms with Gasteiger partial charge in [-0.15, -0.1) is 0 Å². The average Bonchev–Trinajstić information content (AvgIpc) is 2.38. The average molecular weight is 266 g/mol. The second kappa shape index (κ2) is 7.63. The van der Waals surface area contributed by atoms with Gasteiger partial charge in [0.05, 0.1) is 6.61 Å². The number of hydrogen-bond acceptors (Lipinski definition) is 4. The van der Waals surface area contributed by atoms with E-state index < -0.39 is 0 Å². The van der Waals surface area contributed by atoms with Crippen molar-refractivity contribution in [2.24, 2.45) is 0 Å². The predicted octanol–water partition coefficient (Wildman–Crippen LogP) is 1.53. The Labute approximate surface area is 114 Å². The molecule has 0 aliphatic heterocycles. The molecular weight excluding hydrogens is 244 g/mol. The molecule has 0 atom stereocenters. The van der Waals surface area contributed by atoms with Crippen molar-refractivity contribution in [2.45, 2.75) is 19.9 Å². The van der Waals surface area contributed by atoms with E-state index in [9.17, 15) is 4.79 Å². The second-order valence-electron chi connectivity index (χ2n) is 4.53. The number of carbonyl (C=O) groups is 1. The lowest BCUT2D eigenvalue weighted by Gasteiger charge is -2.26. The fraction of sp³-hybridized carbons (Fsp3) is 0.500. The Morgan fingerprint density at radius 3 is 2.47 bits per heavy atom. The third-order valence-electron chi connectivity index (χ3n) is 2.72. The maximum Gasteiger partial charge on any atom is 0.260 e. The number of rotatable bonds is 7. The third kappa shape index (κ3) is 5.18. The highest BCUT2D eigenvalue weighted by Crippen LogP contribution is 2.13. The molecule has 1 rings (SSSR count). The SMILES string of the molecule is COCCN(C(=O)COc1ccc(N)cc1)C(C)C. The lowest BCUT2D eigenvalue weighted by molar-refractivity contribution is -0.135. The summed E-state index contributed by atoms with van der Waals surface area (Å²) < 4.78 is 10.4. The molecule has 0 fully saturated rings. The Morgan fingerprint density at radius 1 is 1.32 bits per heavy atom. The van der Waals surface area contributed by atoms with Crippen molar-refractivity contribution < 1.29 is 14.3 Å². The van der Waals surface area contributed by atoms with Gasteiger partial charge in [-0.3, -0.25) is 4.79 Å². The van der Waals surface area contributed by atoms with Gasteiger partial charge in [-0.05, 0) is 38.1 Å². The topological polar surface area (TPSA) is 64.8 Å². The molecule has 19 heavy (non-hydrogen) atoms. The third-order valence-corrected chi connectivity index (χ3v) is 2.72. The zero-order valence-electron chi connectivity index (χ0n) is 11.8. The number of nitrogens with zero attached hydrogens (tertiary/aromatic N) is 1. The molecule has 0 heterocycles. The molecule has 106 valence electrons. The van der Waals surface area contributed by atoms with Crippen LogP contribution in [0.1, 0.15) is 13.8 Å². The highest BCUT2D eigenvalue weighted by Gasteiger charge is 2.16. The van der Waals surface area contributed by atoms with Crippen LogP contribution in [-0.4, -0.2) is 43.7 Å². The Bertz CT molecular complexity index is 390. The normalized spacial score (nSPS) is 10.5. The maximum absolute atomic E-state index is 12.1. The quantitative estimate of drug-likeness (QED) is 0.760. The van der Waals surface area contributed by atoms with E-state index >= 15 is 0 Å². The number of nitrogen functional groups attached to an aromatic ring is 1. The summed E-state index contributed by atoms with van der Waals surface area (Å²) >= 11 is 0. The minimum atomic E-state index is -0.0520. The number of ether oxygens (including phenoxy) is 2. The van der Waals surface area contributed by atoms with Crippen molar-refractivity contribution >= 4 is 11.6 Å². The Morgan fingerprint density at radius 2 is 1.95 bits per heavy atom. The van der Waals surface area contributed by atoms with Crippen molar-refractivity contribution in [1.29, 1.82) is 0 Å². The summed E-state index contributed by atoms with van der Waals surface area (Å²) in [6.45, 7) is 5.04. The lowest BCUT2D eigenvalue weighted by Crippen LogP contribution is -2.41. The van der Waals surface area contributed by atoms with Gasteiger partial charge in [0.1, 0.15) is 5.75 Å². The Kier molecular flexibility index (Phi) is 6.15. The van der Waals surface area contributed by atoms with Crippen LogP contribution in [0.15, 0.2) is 24.3 Å². The van der Waals surface area contributed by atoms with Crippen LogP contribution in [-0.2, 0) is 9.53 Å². The van der Waals surface area contributed by atoms with Gasteiger partial charge >= 0.3 is 0 Å². The van der Waals surface area contributed by atoms with Crippen LogP contribution in [0.5, 0.6) is 5.75 Å². The first-order valence-electron chi connectivity index (χ1n) is 6.31. The van der Waals surface area contributed by atoms with E-state index in [1.807, 2.05) is 13.8 Å². The summed E-state index contributed by atoms with van der Waals surface area (Å²) in [5, 5.41) is 0. The molecular formula is C14H22N2O3. The fourth-order valence-electron chi connectivity index (χ4n) is 1.65. The van der Waals surface area contributed by atoms with Gasteiger partial charge in [-0.1, -0.05) is 0 Å². The summed E-state index contributed by atoms with van der Waals surface area (Å²) in [6, 6.07) is 7.10. The van der Waals surface area contributed by atoms with E-state index in [2.05, 4.69) is 0 Å². The van der Waals surface area contributed by atoms with Gasteiger partial charge in [0.15, 0.2) is 6.61 Å². The van der Waals surface area contributed by atoms with Crippen molar-refractivity contribution in [3.8, 4) is 5.75 Å². The van der Waals surface area contributed by atoms with Crippen LogP contribution in [0.2, 0.25) is 0 Å². The van der Waals surface area contributed by atoms with E-state index in [0.717, 1.165) is 0 Å². The van der Waals surface area contributed by atoms with Gasteiger partial charge in [0.25, 0.3) is 5.91 Å². The van der Waals surface area contributed by atoms with Crippen LogP contribution in [0.4, 0.5) is 5.69 Å². The highest BCUT2D eigenvalue weighted by atomic mass is 16.5. The highest BCUT2D eigenvalue weighted by molar-refractivity contribution is 5.78. The first kappa shape index (κ1) is 15.3. The summed E-state index contributed by atoms with van der Waals surface area (Å²) in [4.78, 5) is 13.8. The smallest absolute Gasteiger partial charge is 0.260 e. The van der Waals surface area contributed by atoms with E-state index in [1.165, 1.54) is 0 Å². The van der Waals surface area contributed by atoms with Crippen LogP contribution in [0, 0.1) is 0 Å². The van der Waals surface area contributed by atoms with E-state index in [4.69, 9.17) is 15.2 Å². The second-order valence-corrected chi connectivity index (χ2v) is 4.53. The number of methoxy groups -OCH3 is 1. The number of carbonyl (C=O) groups excluding carboxylic acids is 1. The van der Waals surface area contributed by atoms with Crippen molar-refractivity contribution in [3.05, 3.63) is 24.3 Å². The van der Waals surface area contributed by atoms with Crippen molar-refractivity contribution in [3.63, 3.8) is 0 Å². The first-order chi connectivity index (χ1) is 9.04. The summed E-state index contributed by atoms with van der Waals surface area (Å²) in [7, 11) is 1.62. The molecule has 0 aromatic heterocycles. The standard InChI is InChI=1S/C14H22N2O3/c1-11(2)16(8-9-18-3)14(17)10-19-13-6-4-12(15)5-7-13/h4-7,11H,8-10,15H2,1-3H3. The molecule has 5 heteroatoms. The van der Waals surface area contributed by atoms with Crippen molar-refractivity contribution in [2.75, 3.05) is 32.6 Å². The molecule has 5 nitrogen and oxygen atoms in total. The van der Waals surface area contributed by atoms with E-state index in [1.54, 1.807) is 36.3 Å².